The summed E-state index contributed by atoms with van der Waals surface area (Å²) in [5.41, 5.74) is 0. The lowest BCUT2D eigenvalue weighted by Gasteiger charge is -2.16. The first-order valence-electron chi connectivity index (χ1n) is 6.20. The zero-order chi connectivity index (χ0) is 13.8. The second-order valence-corrected chi connectivity index (χ2v) is 4.76. The highest BCUT2D eigenvalue weighted by molar-refractivity contribution is 5.84. The van der Waals surface area contributed by atoms with Crippen molar-refractivity contribution < 1.29 is 24.2 Å². The minimum atomic E-state index is -1.01. The number of carbonyl (C=O) groups is 3. The second kappa shape index (κ2) is 5.87. The Hall–Kier alpha value is -1.83. The first-order chi connectivity index (χ1) is 9.06. The van der Waals surface area contributed by atoms with Crippen LogP contribution >= 0.6 is 0 Å². The largest absolute Gasteiger partial charge is 0.481 e. The molecule has 19 heavy (non-hydrogen) atoms. The molecular weight excluding hydrogens is 254 g/mol. The number of hydrogen-bond donors (Lipinski definition) is 4. The molecule has 2 atom stereocenters. The zero-order valence-corrected chi connectivity index (χ0v) is 10.3. The molecule has 0 aromatic rings. The Morgan fingerprint density at radius 3 is 2.53 bits per heavy atom. The number of carboxylic acids is 1. The van der Waals surface area contributed by atoms with Gasteiger partial charge in [-0.2, -0.15) is 0 Å². The summed E-state index contributed by atoms with van der Waals surface area (Å²) >= 11 is 0. The zero-order valence-electron chi connectivity index (χ0n) is 10.3. The summed E-state index contributed by atoms with van der Waals surface area (Å²) in [5, 5.41) is 16.5. The van der Waals surface area contributed by atoms with Crippen LogP contribution in [0.1, 0.15) is 12.8 Å². The van der Waals surface area contributed by atoms with Crippen LogP contribution in [0.3, 0.4) is 0 Å². The van der Waals surface area contributed by atoms with Gasteiger partial charge in [0.1, 0.15) is 5.92 Å². The van der Waals surface area contributed by atoms with E-state index in [9.17, 15) is 14.4 Å². The molecule has 2 rings (SSSR count). The highest BCUT2D eigenvalue weighted by Crippen LogP contribution is 2.18. The van der Waals surface area contributed by atoms with Gasteiger partial charge >= 0.3 is 12.0 Å². The Morgan fingerprint density at radius 1 is 1.16 bits per heavy atom. The summed E-state index contributed by atoms with van der Waals surface area (Å²) in [6.07, 6.45) is 1.97. The van der Waals surface area contributed by atoms with Gasteiger partial charge in [0, 0.05) is 6.04 Å². The molecule has 3 amide bonds. The molecule has 0 spiro atoms. The molecule has 1 saturated carbocycles. The summed E-state index contributed by atoms with van der Waals surface area (Å²) in [4.78, 5) is 33.7. The number of amides is 3. The lowest BCUT2D eigenvalue weighted by atomic mass is 10.0. The summed E-state index contributed by atoms with van der Waals surface area (Å²) in [7, 11) is 0. The molecule has 8 nitrogen and oxygen atoms in total. The monoisotopic (exact) mass is 271 g/mol. The fraction of sp³-hybridized carbons (Fsp3) is 0.727. The topological polar surface area (TPSA) is 117 Å². The first-order valence-corrected chi connectivity index (χ1v) is 6.20. The predicted molar refractivity (Wildman–Crippen MR) is 63.4 cm³/mol. The van der Waals surface area contributed by atoms with Gasteiger partial charge in [-0.3, -0.25) is 9.59 Å². The van der Waals surface area contributed by atoms with Gasteiger partial charge in [0.2, 0.25) is 5.91 Å². The van der Waals surface area contributed by atoms with E-state index in [2.05, 4.69) is 16.0 Å². The molecule has 0 aromatic carbocycles. The van der Waals surface area contributed by atoms with E-state index in [1.54, 1.807) is 0 Å². The molecule has 106 valence electrons. The molecule has 2 fully saturated rings. The molecule has 4 N–H and O–H groups in total. The maximum atomic E-state index is 11.5. The number of urea groups is 1. The van der Waals surface area contributed by atoms with Crippen molar-refractivity contribution in [1.82, 2.24) is 16.0 Å². The summed E-state index contributed by atoms with van der Waals surface area (Å²) < 4.78 is 5.02. The number of rotatable bonds is 5. The van der Waals surface area contributed by atoms with Crippen LogP contribution in [0.5, 0.6) is 0 Å². The number of carbonyl (C=O) groups excluding carboxylic acids is 2. The van der Waals surface area contributed by atoms with E-state index in [-0.39, 0.29) is 31.7 Å². The summed E-state index contributed by atoms with van der Waals surface area (Å²) in [6.45, 7) is 0.134. The van der Waals surface area contributed by atoms with Crippen LogP contribution in [-0.4, -0.2) is 54.9 Å². The second-order valence-electron chi connectivity index (χ2n) is 4.76. The number of ether oxygens (including phenoxy) is 1. The summed E-state index contributed by atoms with van der Waals surface area (Å²) in [6, 6.07) is -0.881. The average molecular weight is 271 g/mol. The number of aliphatic carboxylic acids is 1. The molecule has 0 aromatic heterocycles. The van der Waals surface area contributed by atoms with E-state index in [1.165, 1.54) is 0 Å². The van der Waals surface area contributed by atoms with Crippen LogP contribution < -0.4 is 16.0 Å². The van der Waals surface area contributed by atoms with Crippen LogP contribution in [0.25, 0.3) is 0 Å². The lowest BCUT2D eigenvalue weighted by Crippen LogP contribution is -2.49. The fourth-order valence-corrected chi connectivity index (χ4v) is 1.83. The van der Waals surface area contributed by atoms with Gasteiger partial charge in [-0.25, -0.2) is 4.79 Å². The molecule has 1 aliphatic carbocycles. The Kier molecular flexibility index (Phi) is 4.20. The third kappa shape index (κ3) is 4.09. The van der Waals surface area contributed by atoms with Crippen molar-refractivity contribution in [2.45, 2.75) is 24.9 Å². The highest BCUT2D eigenvalue weighted by atomic mass is 16.5. The molecule has 1 heterocycles. The van der Waals surface area contributed by atoms with Gasteiger partial charge in [-0.05, 0) is 12.8 Å². The maximum Gasteiger partial charge on any atom is 0.315 e. The third-order valence-corrected chi connectivity index (χ3v) is 3.07. The number of nitrogens with one attached hydrogen (secondary N) is 3. The smallest absolute Gasteiger partial charge is 0.315 e. The Labute approximate surface area is 109 Å². The average Bonchev–Trinajstić information content (AvgIpc) is 3.02. The molecule has 1 saturated heterocycles. The van der Waals surface area contributed by atoms with Crippen molar-refractivity contribution in [2.24, 2.45) is 5.92 Å². The Bertz CT molecular complexity index is 383. The molecule has 0 radical (unpaired) electrons. The first kappa shape index (κ1) is 13.6. The quantitative estimate of drug-likeness (QED) is 0.494. The van der Waals surface area contributed by atoms with Gasteiger partial charge in [-0.15, -0.1) is 0 Å². The van der Waals surface area contributed by atoms with Crippen LogP contribution in [0, 0.1) is 5.92 Å². The highest BCUT2D eigenvalue weighted by Gasteiger charge is 2.35. The Morgan fingerprint density at radius 2 is 1.89 bits per heavy atom. The summed E-state index contributed by atoms with van der Waals surface area (Å²) in [5.74, 6) is -1.99. The van der Waals surface area contributed by atoms with E-state index in [1.807, 2.05) is 0 Å². The van der Waals surface area contributed by atoms with Crippen molar-refractivity contribution in [3.05, 3.63) is 0 Å². The van der Waals surface area contributed by atoms with Crippen molar-refractivity contribution in [1.29, 1.82) is 0 Å². The third-order valence-electron chi connectivity index (χ3n) is 3.07. The van der Waals surface area contributed by atoms with Crippen LogP contribution in [-0.2, 0) is 14.3 Å². The van der Waals surface area contributed by atoms with E-state index >= 15 is 0 Å². The van der Waals surface area contributed by atoms with Crippen molar-refractivity contribution in [2.75, 3.05) is 19.8 Å². The number of hydrogen-bond acceptors (Lipinski definition) is 4. The molecule has 1 aliphatic heterocycles. The molecule has 8 heteroatoms. The van der Waals surface area contributed by atoms with Crippen molar-refractivity contribution in [3.63, 3.8) is 0 Å². The van der Waals surface area contributed by atoms with Crippen molar-refractivity contribution >= 4 is 17.9 Å². The SMILES string of the molecule is O=C(CNC(=O)NC1COCC1C(=O)O)NC1CC1. The van der Waals surface area contributed by atoms with Crippen LogP contribution in [0.2, 0.25) is 0 Å². The van der Waals surface area contributed by atoms with Gasteiger partial charge in [0.25, 0.3) is 0 Å². The van der Waals surface area contributed by atoms with Crippen molar-refractivity contribution in [3.8, 4) is 0 Å². The lowest BCUT2D eigenvalue weighted by molar-refractivity contribution is -0.142. The van der Waals surface area contributed by atoms with E-state index in [4.69, 9.17) is 9.84 Å². The maximum absolute atomic E-state index is 11.5. The van der Waals surface area contributed by atoms with Crippen LogP contribution in [0.4, 0.5) is 4.79 Å². The predicted octanol–water partition coefficient (Wildman–Crippen LogP) is -1.34. The van der Waals surface area contributed by atoms with E-state index in [0.29, 0.717) is 0 Å². The molecule has 2 unspecified atom stereocenters. The molecule has 2 aliphatic rings. The fourth-order valence-electron chi connectivity index (χ4n) is 1.83. The minimum Gasteiger partial charge on any atom is -0.481 e. The van der Waals surface area contributed by atoms with Gasteiger partial charge < -0.3 is 25.8 Å². The Balaban J connectivity index is 1.68. The van der Waals surface area contributed by atoms with E-state index in [0.717, 1.165) is 12.8 Å². The minimum absolute atomic E-state index is 0.0858. The van der Waals surface area contributed by atoms with Gasteiger partial charge in [0.05, 0.1) is 25.8 Å². The van der Waals surface area contributed by atoms with E-state index < -0.39 is 24.0 Å². The van der Waals surface area contributed by atoms with Gasteiger partial charge in [-0.1, -0.05) is 0 Å². The normalized spacial score (nSPS) is 25.7. The van der Waals surface area contributed by atoms with Gasteiger partial charge in [0.15, 0.2) is 0 Å². The molecule has 0 bridgehead atoms. The van der Waals surface area contributed by atoms with Crippen LogP contribution in [0.15, 0.2) is 0 Å². The number of carboxylic acid groups (broad SMARTS) is 1. The standard InChI is InChI=1S/C11H17N3O5/c15-9(13-6-1-2-6)3-12-11(18)14-8-5-19-4-7(8)10(16)17/h6-8H,1-5H2,(H,13,15)(H,16,17)(H2,12,14,18). The molecular formula is C11H17N3O5.